The summed E-state index contributed by atoms with van der Waals surface area (Å²) in [6.45, 7) is 6.67. The summed E-state index contributed by atoms with van der Waals surface area (Å²) >= 11 is 0. The predicted molar refractivity (Wildman–Crippen MR) is 48.3 cm³/mol. The van der Waals surface area contributed by atoms with Crippen molar-refractivity contribution in [1.82, 2.24) is 9.55 Å². The number of hydrogen-bond acceptors (Lipinski definition) is 2. The molecule has 3 heteroatoms. The molecule has 66 valence electrons. The van der Waals surface area contributed by atoms with E-state index in [2.05, 4.69) is 4.98 Å². The Balaban J connectivity index is 3.11. The monoisotopic (exact) mass is 166 g/mol. The third kappa shape index (κ3) is 1.72. The summed E-state index contributed by atoms with van der Waals surface area (Å²) in [5.41, 5.74) is 0.904. The Bertz CT molecular complexity index is 315. The van der Waals surface area contributed by atoms with E-state index in [0.29, 0.717) is 12.5 Å². The lowest BCUT2D eigenvalue weighted by atomic mass is 10.1. The fourth-order valence-electron chi connectivity index (χ4n) is 0.993. The molecule has 0 spiro atoms. The quantitative estimate of drug-likeness (QED) is 0.665. The van der Waals surface area contributed by atoms with Crippen molar-refractivity contribution < 1.29 is 0 Å². The number of aryl methyl sites for hydroxylation is 1. The predicted octanol–water partition coefficient (Wildman–Crippen LogP) is 1.39. The van der Waals surface area contributed by atoms with Crippen molar-refractivity contribution in [2.45, 2.75) is 33.2 Å². The minimum Gasteiger partial charge on any atom is -0.300 e. The molecule has 1 heterocycles. The van der Waals surface area contributed by atoms with Crippen molar-refractivity contribution in [3.05, 3.63) is 28.4 Å². The number of rotatable bonds is 2. The smallest absolute Gasteiger partial charge is 0.253 e. The molecule has 0 aliphatic carbocycles. The van der Waals surface area contributed by atoms with E-state index < -0.39 is 0 Å². The third-order valence-electron chi connectivity index (χ3n) is 1.83. The number of nitrogens with zero attached hydrogens (tertiary/aromatic N) is 2. The first-order chi connectivity index (χ1) is 5.65. The summed E-state index contributed by atoms with van der Waals surface area (Å²) in [5.74, 6) is 0.323. The molecule has 0 fully saturated rings. The summed E-state index contributed by atoms with van der Waals surface area (Å²) in [6.07, 6.45) is 1.61. The molecule has 0 N–H and O–H groups in total. The molecule has 1 rings (SSSR count). The molecule has 0 radical (unpaired) electrons. The van der Waals surface area contributed by atoms with Crippen molar-refractivity contribution >= 4 is 0 Å². The minimum absolute atomic E-state index is 0.0381. The zero-order valence-corrected chi connectivity index (χ0v) is 7.74. The Morgan fingerprint density at radius 2 is 2.25 bits per heavy atom. The highest BCUT2D eigenvalue weighted by Gasteiger charge is 2.01. The maximum atomic E-state index is 11.3. The maximum absolute atomic E-state index is 11.3. The van der Waals surface area contributed by atoms with Crippen LogP contribution in [0.2, 0.25) is 0 Å². The molecule has 0 saturated heterocycles. The highest BCUT2D eigenvalue weighted by molar-refractivity contribution is 5.03. The fraction of sp³-hybridized carbons (Fsp3) is 0.556. The van der Waals surface area contributed by atoms with Crippen LogP contribution in [0.1, 0.15) is 32.4 Å². The van der Waals surface area contributed by atoms with Crippen LogP contribution in [-0.4, -0.2) is 9.55 Å². The lowest BCUT2D eigenvalue weighted by Gasteiger charge is -2.05. The van der Waals surface area contributed by atoms with E-state index in [0.717, 1.165) is 5.69 Å². The topological polar surface area (TPSA) is 34.9 Å². The fourth-order valence-corrected chi connectivity index (χ4v) is 0.993. The SMILES string of the molecule is CCn1cnc(C(C)C)cc1=O. The van der Waals surface area contributed by atoms with E-state index in [4.69, 9.17) is 0 Å². The highest BCUT2D eigenvalue weighted by Crippen LogP contribution is 2.06. The Labute approximate surface area is 72.1 Å². The van der Waals surface area contributed by atoms with Crippen molar-refractivity contribution in [2.75, 3.05) is 0 Å². The van der Waals surface area contributed by atoms with E-state index in [1.165, 1.54) is 0 Å². The lowest BCUT2D eigenvalue weighted by Crippen LogP contribution is -2.19. The van der Waals surface area contributed by atoms with E-state index in [1.54, 1.807) is 17.0 Å². The van der Waals surface area contributed by atoms with Gasteiger partial charge in [-0.3, -0.25) is 9.36 Å². The summed E-state index contributed by atoms with van der Waals surface area (Å²) < 4.78 is 1.59. The summed E-state index contributed by atoms with van der Waals surface area (Å²) in [4.78, 5) is 15.5. The standard InChI is InChI=1S/C9H14N2O/c1-4-11-6-10-8(7(2)3)5-9(11)12/h5-7H,4H2,1-3H3. The van der Waals surface area contributed by atoms with Gasteiger partial charge in [-0.2, -0.15) is 0 Å². The van der Waals surface area contributed by atoms with Crippen molar-refractivity contribution in [3.8, 4) is 0 Å². The van der Waals surface area contributed by atoms with Gasteiger partial charge in [-0.1, -0.05) is 13.8 Å². The molecule has 0 atom stereocenters. The molecule has 1 aromatic rings. The van der Waals surface area contributed by atoms with Crippen LogP contribution < -0.4 is 5.56 Å². The van der Waals surface area contributed by atoms with Gasteiger partial charge in [0.25, 0.3) is 5.56 Å². The van der Waals surface area contributed by atoms with E-state index in [1.807, 2.05) is 20.8 Å². The average Bonchev–Trinajstić information content (AvgIpc) is 2.04. The van der Waals surface area contributed by atoms with Crippen LogP contribution in [0, 0.1) is 0 Å². The lowest BCUT2D eigenvalue weighted by molar-refractivity contribution is 0.684. The Morgan fingerprint density at radius 1 is 1.58 bits per heavy atom. The van der Waals surface area contributed by atoms with Crippen LogP contribution in [0.3, 0.4) is 0 Å². The molecule has 0 amide bonds. The first-order valence-corrected chi connectivity index (χ1v) is 4.21. The largest absolute Gasteiger partial charge is 0.300 e. The summed E-state index contributed by atoms with van der Waals surface area (Å²) in [7, 11) is 0. The molecule has 0 aromatic carbocycles. The van der Waals surface area contributed by atoms with Gasteiger partial charge in [0.2, 0.25) is 0 Å². The number of aromatic nitrogens is 2. The van der Waals surface area contributed by atoms with Gasteiger partial charge in [0.1, 0.15) is 0 Å². The van der Waals surface area contributed by atoms with Gasteiger partial charge >= 0.3 is 0 Å². The minimum atomic E-state index is 0.0381. The van der Waals surface area contributed by atoms with Gasteiger partial charge in [-0.15, -0.1) is 0 Å². The first kappa shape index (κ1) is 8.97. The van der Waals surface area contributed by atoms with Crippen molar-refractivity contribution in [3.63, 3.8) is 0 Å². The second-order valence-corrected chi connectivity index (χ2v) is 3.09. The third-order valence-corrected chi connectivity index (χ3v) is 1.83. The van der Waals surface area contributed by atoms with E-state index >= 15 is 0 Å². The molecule has 3 nitrogen and oxygen atoms in total. The molecule has 0 aliphatic rings. The first-order valence-electron chi connectivity index (χ1n) is 4.21. The molecule has 0 saturated carbocycles. The second-order valence-electron chi connectivity index (χ2n) is 3.09. The zero-order valence-electron chi connectivity index (χ0n) is 7.74. The Hall–Kier alpha value is -1.12. The van der Waals surface area contributed by atoms with Crippen LogP contribution in [-0.2, 0) is 6.54 Å². The van der Waals surface area contributed by atoms with Crippen molar-refractivity contribution in [2.24, 2.45) is 0 Å². The van der Waals surface area contributed by atoms with Gasteiger partial charge in [0.05, 0.1) is 12.0 Å². The molecule has 0 unspecified atom stereocenters. The van der Waals surface area contributed by atoms with E-state index in [9.17, 15) is 4.79 Å². The van der Waals surface area contributed by atoms with Crippen molar-refractivity contribution in [1.29, 1.82) is 0 Å². The summed E-state index contributed by atoms with van der Waals surface area (Å²) in [5, 5.41) is 0. The highest BCUT2D eigenvalue weighted by atomic mass is 16.1. The van der Waals surface area contributed by atoms with Crippen LogP contribution in [0.5, 0.6) is 0 Å². The zero-order chi connectivity index (χ0) is 9.14. The molecular formula is C9H14N2O. The van der Waals surface area contributed by atoms with Gasteiger partial charge in [-0.25, -0.2) is 4.98 Å². The molecule has 12 heavy (non-hydrogen) atoms. The number of hydrogen-bond donors (Lipinski definition) is 0. The Morgan fingerprint density at radius 3 is 2.67 bits per heavy atom. The summed E-state index contributed by atoms with van der Waals surface area (Å²) in [6, 6.07) is 1.61. The van der Waals surface area contributed by atoms with Crippen LogP contribution >= 0.6 is 0 Å². The van der Waals surface area contributed by atoms with Crippen LogP contribution in [0.4, 0.5) is 0 Å². The normalized spacial score (nSPS) is 10.7. The molecule has 0 aliphatic heterocycles. The second kappa shape index (κ2) is 3.52. The maximum Gasteiger partial charge on any atom is 0.253 e. The van der Waals surface area contributed by atoms with Crippen LogP contribution in [0.25, 0.3) is 0 Å². The molecule has 1 aromatic heterocycles. The van der Waals surface area contributed by atoms with Gasteiger partial charge in [0.15, 0.2) is 0 Å². The van der Waals surface area contributed by atoms with Crippen LogP contribution in [0.15, 0.2) is 17.2 Å². The van der Waals surface area contributed by atoms with Gasteiger partial charge in [0, 0.05) is 12.6 Å². The Kier molecular flexibility index (Phi) is 2.63. The average molecular weight is 166 g/mol. The van der Waals surface area contributed by atoms with Gasteiger partial charge < -0.3 is 0 Å². The van der Waals surface area contributed by atoms with Gasteiger partial charge in [-0.05, 0) is 12.8 Å². The molecule has 0 bridgehead atoms. The molecular weight excluding hydrogens is 152 g/mol. The van der Waals surface area contributed by atoms with E-state index in [-0.39, 0.29) is 5.56 Å².